The quantitative estimate of drug-likeness (QED) is 0.657. The lowest BCUT2D eigenvalue weighted by Crippen LogP contribution is -2.13. The van der Waals surface area contributed by atoms with Gasteiger partial charge in [0.05, 0.1) is 18.0 Å². The van der Waals surface area contributed by atoms with Gasteiger partial charge in [0, 0.05) is 16.8 Å². The zero-order chi connectivity index (χ0) is 16.5. The third kappa shape index (κ3) is 2.76. The maximum absolute atomic E-state index is 13.2. The summed E-state index contributed by atoms with van der Waals surface area (Å²) in [6.45, 7) is 0.609. The van der Waals surface area contributed by atoms with Crippen LogP contribution in [0.2, 0.25) is 5.02 Å². The first-order chi connectivity index (χ1) is 11.7. The van der Waals surface area contributed by atoms with Gasteiger partial charge in [0.2, 0.25) is 0 Å². The summed E-state index contributed by atoms with van der Waals surface area (Å²) in [5.41, 5.74) is 4.33. The fourth-order valence-corrected chi connectivity index (χ4v) is 2.85. The van der Waals surface area contributed by atoms with E-state index < -0.39 is 0 Å². The Hall–Kier alpha value is -2.72. The Labute approximate surface area is 143 Å². The van der Waals surface area contributed by atoms with Crippen molar-refractivity contribution in [2.75, 3.05) is 0 Å². The Morgan fingerprint density at radius 1 is 0.875 bits per heavy atom. The van der Waals surface area contributed by atoms with Gasteiger partial charge in [0.25, 0.3) is 0 Å². The second kappa shape index (κ2) is 6.06. The van der Waals surface area contributed by atoms with E-state index in [0.29, 0.717) is 11.6 Å². The Balaban J connectivity index is 1.81. The number of aromatic nitrogens is 1. The second-order valence-corrected chi connectivity index (χ2v) is 5.97. The van der Waals surface area contributed by atoms with E-state index in [-0.39, 0.29) is 5.82 Å². The maximum Gasteiger partial charge on any atom is 0.123 e. The highest BCUT2D eigenvalue weighted by atomic mass is 35.5. The van der Waals surface area contributed by atoms with Crippen LogP contribution in [0.3, 0.4) is 0 Å². The molecule has 0 unspecified atom stereocenters. The largest absolute Gasteiger partial charge is 0.340 e. The molecule has 1 aliphatic rings. The molecule has 3 aromatic rings. The molecule has 0 aliphatic carbocycles. The van der Waals surface area contributed by atoms with Crippen LogP contribution in [-0.4, -0.2) is 16.0 Å². The van der Waals surface area contributed by atoms with Crippen LogP contribution < -0.4 is 0 Å². The molecule has 2 aromatic carbocycles. The molecular formula is C19H13ClFN3. The van der Waals surface area contributed by atoms with Crippen molar-refractivity contribution >= 4 is 23.0 Å². The fourth-order valence-electron chi connectivity index (χ4n) is 2.73. The average Bonchev–Trinajstić information content (AvgIpc) is 2.97. The first-order valence-corrected chi connectivity index (χ1v) is 7.90. The molecule has 0 spiro atoms. The molecule has 0 bridgehead atoms. The number of hydrogen-bond donors (Lipinski definition) is 0. The highest BCUT2D eigenvalue weighted by molar-refractivity contribution is 6.30. The van der Waals surface area contributed by atoms with Crippen molar-refractivity contribution < 1.29 is 4.39 Å². The van der Waals surface area contributed by atoms with E-state index in [1.807, 2.05) is 42.6 Å². The van der Waals surface area contributed by atoms with Crippen molar-refractivity contribution in [3.8, 4) is 0 Å². The number of halogens is 2. The van der Waals surface area contributed by atoms with Crippen LogP contribution in [0.4, 0.5) is 4.39 Å². The van der Waals surface area contributed by atoms with Crippen molar-refractivity contribution in [2.24, 2.45) is 10.2 Å². The number of rotatable bonds is 2. The monoisotopic (exact) mass is 337 g/mol. The van der Waals surface area contributed by atoms with E-state index in [1.54, 1.807) is 12.1 Å². The standard InChI is InChI=1S/C19H13ClFN3/c20-15-7-3-13(4-8-15)17-12-24-11-1-2-18(24)19(23-22-17)14-5-9-16(21)10-6-14/h1-11H,12H2. The van der Waals surface area contributed by atoms with Crippen LogP contribution in [0, 0.1) is 5.82 Å². The van der Waals surface area contributed by atoms with Crippen molar-refractivity contribution in [1.29, 1.82) is 0 Å². The number of hydrogen-bond acceptors (Lipinski definition) is 2. The van der Waals surface area contributed by atoms with Gasteiger partial charge < -0.3 is 4.57 Å². The van der Waals surface area contributed by atoms with E-state index in [9.17, 15) is 4.39 Å². The summed E-state index contributed by atoms with van der Waals surface area (Å²) in [6, 6.07) is 17.8. The van der Waals surface area contributed by atoms with Gasteiger partial charge in [0.1, 0.15) is 11.5 Å². The molecule has 0 N–H and O–H groups in total. The van der Waals surface area contributed by atoms with Gasteiger partial charge in [-0.1, -0.05) is 23.7 Å². The predicted molar refractivity (Wildman–Crippen MR) is 94.5 cm³/mol. The van der Waals surface area contributed by atoms with E-state index in [0.717, 1.165) is 28.2 Å². The molecule has 1 aliphatic heterocycles. The Morgan fingerprint density at radius 3 is 2.33 bits per heavy atom. The first kappa shape index (κ1) is 14.8. The van der Waals surface area contributed by atoms with Gasteiger partial charge in [-0.3, -0.25) is 0 Å². The molecule has 118 valence electrons. The molecule has 0 atom stereocenters. The summed E-state index contributed by atoms with van der Waals surface area (Å²) in [7, 11) is 0. The zero-order valence-corrected chi connectivity index (χ0v) is 13.4. The Bertz CT molecular complexity index is 938. The molecule has 24 heavy (non-hydrogen) atoms. The van der Waals surface area contributed by atoms with Gasteiger partial charge in [-0.2, -0.15) is 5.10 Å². The van der Waals surface area contributed by atoms with Crippen molar-refractivity contribution in [3.63, 3.8) is 0 Å². The van der Waals surface area contributed by atoms with Gasteiger partial charge in [-0.05, 0) is 54.1 Å². The van der Waals surface area contributed by atoms with Crippen molar-refractivity contribution in [3.05, 3.63) is 94.5 Å². The summed E-state index contributed by atoms with van der Waals surface area (Å²) in [4.78, 5) is 0. The van der Waals surface area contributed by atoms with E-state index in [1.165, 1.54) is 12.1 Å². The Morgan fingerprint density at radius 2 is 1.58 bits per heavy atom. The van der Waals surface area contributed by atoms with E-state index in [2.05, 4.69) is 14.8 Å². The van der Waals surface area contributed by atoms with Crippen molar-refractivity contribution in [1.82, 2.24) is 4.57 Å². The van der Waals surface area contributed by atoms with E-state index >= 15 is 0 Å². The van der Waals surface area contributed by atoms with Crippen LogP contribution in [0.25, 0.3) is 0 Å². The van der Waals surface area contributed by atoms with Gasteiger partial charge in [-0.15, -0.1) is 5.10 Å². The molecule has 0 saturated carbocycles. The van der Waals surface area contributed by atoms with Crippen LogP contribution in [0.1, 0.15) is 16.8 Å². The van der Waals surface area contributed by atoms with Crippen LogP contribution in [-0.2, 0) is 6.54 Å². The maximum atomic E-state index is 13.2. The third-order valence-corrected chi connectivity index (χ3v) is 4.21. The van der Waals surface area contributed by atoms with Crippen LogP contribution in [0.15, 0.2) is 77.1 Å². The van der Waals surface area contributed by atoms with Crippen molar-refractivity contribution in [2.45, 2.75) is 6.54 Å². The van der Waals surface area contributed by atoms with Crippen LogP contribution in [0.5, 0.6) is 0 Å². The SMILES string of the molecule is Fc1ccc(C2=NN=C(c3ccc(Cl)cc3)Cn3cccc32)cc1. The zero-order valence-electron chi connectivity index (χ0n) is 12.7. The minimum Gasteiger partial charge on any atom is -0.340 e. The smallest absolute Gasteiger partial charge is 0.123 e. The molecule has 0 fully saturated rings. The summed E-state index contributed by atoms with van der Waals surface area (Å²) in [6.07, 6.45) is 1.99. The molecule has 4 rings (SSSR count). The number of benzene rings is 2. The van der Waals surface area contributed by atoms with Crippen LogP contribution >= 0.6 is 11.6 Å². The van der Waals surface area contributed by atoms with E-state index in [4.69, 9.17) is 11.6 Å². The normalized spacial score (nSPS) is 13.8. The first-order valence-electron chi connectivity index (χ1n) is 7.52. The Kier molecular flexibility index (Phi) is 3.75. The molecule has 0 saturated heterocycles. The molecule has 3 nitrogen and oxygen atoms in total. The highest BCUT2D eigenvalue weighted by Crippen LogP contribution is 2.19. The summed E-state index contributed by atoms with van der Waals surface area (Å²) in [5.74, 6) is -0.270. The molecule has 0 amide bonds. The lowest BCUT2D eigenvalue weighted by Gasteiger charge is -2.09. The minimum atomic E-state index is -0.270. The molecule has 0 radical (unpaired) electrons. The summed E-state index contributed by atoms with van der Waals surface area (Å²) >= 11 is 5.96. The molecule has 5 heteroatoms. The molecular weight excluding hydrogens is 325 g/mol. The summed E-state index contributed by atoms with van der Waals surface area (Å²) < 4.78 is 15.3. The van der Waals surface area contributed by atoms with Gasteiger partial charge in [-0.25, -0.2) is 4.39 Å². The second-order valence-electron chi connectivity index (χ2n) is 5.53. The van der Waals surface area contributed by atoms with Gasteiger partial charge >= 0.3 is 0 Å². The molecule has 2 heterocycles. The minimum absolute atomic E-state index is 0.270. The van der Waals surface area contributed by atoms with Gasteiger partial charge in [0.15, 0.2) is 0 Å². The lowest BCUT2D eigenvalue weighted by molar-refractivity contribution is 0.628. The predicted octanol–water partition coefficient (Wildman–Crippen LogP) is 4.54. The highest BCUT2D eigenvalue weighted by Gasteiger charge is 2.17. The topological polar surface area (TPSA) is 29.6 Å². The third-order valence-electron chi connectivity index (χ3n) is 3.96. The summed E-state index contributed by atoms with van der Waals surface area (Å²) in [5, 5.41) is 9.57. The molecule has 1 aromatic heterocycles. The lowest BCUT2D eigenvalue weighted by atomic mass is 10.1. The number of fused-ring (bicyclic) bond motifs is 1. The average molecular weight is 338 g/mol. The number of nitrogens with zero attached hydrogens (tertiary/aromatic N) is 3. The fraction of sp³-hybridized carbons (Fsp3) is 0.0526.